The average molecular weight is 232 g/mol. The van der Waals surface area contributed by atoms with E-state index in [0.717, 1.165) is 12.8 Å². The highest BCUT2D eigenvalue weighted by Gasteiger charge is 2.33. The largest absolute Gasteiger partial charge is 0.469 e. The van der Waals surface area contributed by atoms with E-state index in [-0.39, 0.29) is 11.9 Å². The molecule has 0 heterocycles. The zero-order valence-corrected chi connectivity index (χ0v) is 11.0. The molecule has 2 unspecified atom stereocenters. The van der Waals surface area contributed by atoms with Crippen LogP contribution in [-0.2, 0) is 16.0 Å². The molecule has 0 saturated carbocycles. The molecule has 0 spiro atoms. The second-order valence-electron chi connectivity index (χ2n) is 5.17. The Morgan fingerprint density at radius 1 is 1.35 bits per heavy atom. The number of rotatable bonds is 1. The molecule has 0 bridgehead atoms. The van der Waals surface area contributed by atoms with Crippen molar-refractivity contribution in [2.24, 2.45) is 5.92 Å². The van der Waals surface area contributed by atoms with Gasteiger partial charge in [0.25, 0.3) is 0 Å². The van der Waals surface area contributed by atoms with Gasteiger partial charge in [0, 0.05) is 0 Å². The SMILES string of the molecule is COC(=O)C1c2cc(C)cc(C)c2CCC1C. The summed E-state index contributed by atoms with van der Waals surface area (Å²) in [7, 11) is 1.48. The van der Waals surface area contributed by atoms with Crippen LogP contribution in [0.15, 0.2) is 12.1 Å². The highest BCUT2D eigenvalue weighted by molar-refractivity contribution is 5.79. The van der Waals surface area contributed by atoms with E-state index in [2.05, 4.69) is 32.9 Å². The molecule has 1 aliphatic rings. The maximum absolute atomic E-state index is 11.9. The number of methoxy groups -OCH3 is 1. The van der Waals surface area contributed by atoms with Gasteiger partial charge in [0.15, 0.2) is 0 Å². The molecular formula is C15H20O2. The minimum Gasteiger partial charge on any atom is -0.469 e. The Kier molecular flexibility index (Phi) is 3.23. The van der Waals surface area contributed by atoms with Crippen molar-refractivity contribution in [1.82, 2.24) is 0 Å². The fourth-order valence-corrected chi connectivity index (χ4v) is 2.98. The van der Waals surface area contributed by atoms with Crippen molar-refractivity contribution in [2.75, 3.05) is 7.11 Å². The van der Waals surface area contributed by atoms with Gasteiger partial charge in [0.1, 0.15) is 0 Å². The quantitative estimate of drug-likeness (QED) is 0.695. The van der Waals surface area contributed by atoms with Crippen molar-refractivity contribution in [2.45, 2.75) is 39.5 Å². The standard InChI is InChI=1S/C15H20O2/c1-9-7-11(3)12-6-5-10(2)14(13(12)8-9)15(16)17-4/h7-8,10,14H,5-6H2,1-4H3. The van der Waals surface area contributed by atoms with E-state index in [0.29, 0.717) is 5.92 Å². The smallest absolute Gasteiger partial charge is 0.313 e. The van der Waals surface area contributed by atoms with Crippen LogP contribution in [0.2, 0.25) is 0 Å². The van der Waals surface area contributed by atoms with Crippen LogP contribution in [0, 0.1) is 19.8 Å². The van der Waals surface area contributed by atoms with Crippen LogP contribution < -0.4 is 0 Å². The molecule has 1 aromatic rings. The molecule has 2 rings (SSSR count). The zero-order valence-electron chi connectivity index (χ0n) is 11.0. The Hall–Kier alpha value is -1.31. The van der Waals surface area contributed by atoms with E-state index in [1.165, 1.54) is 29.4 Å². The third-order valence-electron chi connectivity index (χ3n) is 3.86. The number of ether oxygens (including phenoxy) is 1. The van der Waals surface area contributed by atoms with Gasteiger partial charge in [-0.15, -0.1) is 0 Å². The second kappa shape index (κ2) is 4.52. The van der Waals surface area contributed by atoms with Crippen molar-refractivity contribution in [3.05, 3.63) is 34.4 Å². The first-order valence-electron chi connectivity index (χ1n) is 6.22. The summed E-state index contributed by atoms with van der Waals surface area (Å²) in [6.45, 7) is 6.36. The molecule has 0 radical (unpaired) electrons. The number of hydrogen-bond acceptors (Lipinski definition) is 2. The first-order valence-corrected chi connectivity index (χ1v) is 6.22. The van der Waals surface area contributed by atoms with E-state index < -0.39 is 0 Å². The van der Waals surface area contributed by atoms with Crippen LogP contribution in [0.1, 0.15) is 41.5 Å². The molecule has 2 nitrogen and oxygen atoms in total. The molecule has 2 heteroatoms. The summed E-state index contributed by atoms with van der Waals surface area (Å²) in [6.07, 6.45) is 2.15. The summed E-state index contributed by atoms with van der Waals surface area (Å²) in [5.41, 5.74) is 5.07. The topological polar surface area (TPSA) is 26.3 Å². The van der Waals surface area contributed by atoms with Crippen molar-refractivity contribution in [1.29, 1.82) is 0 Å². The summed E-state index contributed by atoms with van der Waals surface area (Å²) < 4.78 is 4.96. The van der Waals surface area contributed by atoms with Gasteiger partial charge in [-0.05, 0) is 49.3 Å². The molecule has 0 saturated heterocycles. The lowest BCUT2D eigenvalue weighted by Gasteiger charge is -2.30. The normalized spacial score (nSPS) is 23.1. The second-order valence-corrected chi connectivity index (χ2v) is 5.17. The minimum atomic E-state index is -0.0940. The highest BCUT2D eigenvalue weighted by Crippen LogP contribution is 2.38. The average Bonchev–Trinajstić information content (AvgIpc) is 2.27. The van der Waals surface area contributed by atoms with Crippen LogP contribution in [0.5, 0.6) is 0 Å². The first kappa shape index (κ1) is 12.2. The van der Waals surface area contributed by atoms with Gasteiger partial charge in [-0.2, -0.15) is 0 Å². The Morgan fingerprint density at radius 3 is 2.71 bits per heavy atom. The molecule has 0 amide bonds. The molecule has 92 valence electrons. The van der Waals surface area contributed by atoms with Crippen molar-refractivity contribution < 1.29 is 9.53 Å². The van der Waals surface area contributed by atoms with Gasteiger partial charge in [-0.25, -0.2) is 0 Å². The number of hydrogen-bond donors (Lipinski definition) is 0. The predicted octanol–water partition coefficient (Wildman–Crippen LogP) is 3.14. The van der Waals surface area contributed by atoms with E-state index in [1.54, 1.807) is 0 Å². The van der Waals surface area contributed by atoms with Crippen molar-refractivity contribution >= 4 is 5.97 Å². The van der Waals surface area contributed by atoms with Crippen molar-refractivity contribution in [3.8, 4) is 0 Å². The van der Waals surface area contributed by atoms with Gasteiger partial charge in [-0.1, -0.05) is 24.6 Å². The number of aryl methyl sites for hydroxylation is 2. The lowest BCUT2D eigenvalue weighted by atomic mass is 9.74. The minimum absolute atomic E-state index is 0.0812. The zero-order chi connectivity index (χ0) is 12.6. The number of carbonyl (C=O) groups excluding carboxylic acids is 1. The molecular weight excluding hydrogens is 212 g/mol. The van der Waals surface area contributed by atoms with Crippen molar-refractivity contribution in [3.63, 3.8) is 0 Å². The Bertz CT molecular complexity index is 448. The van der Waals surface area contributed by atoms with Gasteiger partial charge in [0.2, 0.25) is 0 Å². The molecule has 0 aliphatic heterocycles. The van der Waals surface area contributed by atoms with Crippen LogP contribution in [0.4, 0.5) is 0 Å². The highest BCUT2D eigenvalue weighted by atomic mass is 16.5. The summed E-state index contributed by atoms with van der Waals surface area (Å²) in [6, 6.07) is 4.35. The van der Waals surface area contributed by atoms with Gasteiger partial charge >= 0.3 is 5.97 Å². The Labute approximate surface area is 103 Å². The maximum atomic E-state index is 11.9. The van der Waals surface area contributed by atoms with E-state index in [9.17, 15) is 4.79 Å². The third-order valence-corrected chi connectivity index (χ3v) is 3.86. The number of esters is 1. The summed E-state index contributed by atoms with van der Waals surface area (Å²) >= 11 is 0. The predicted molar refractivity (Wildman–Crippen MR) is 68.2 cm³/mol. The van der Waals surface area contributed by atoms with E-state index >= 15 is 0 Å². The first-order chi connectivity index (χ1) is 8.04. The molecule has 2 atom stereocenters. The van der Waals surface area contributed by atoms with Crippen LogP contribution in [0.25, 0.3) is 0 Å². The Morgan fingerprint density at radius 2 is 2.06 bits per heavy atom. The maximum Gasteiger partial charge on any atom is 0.313 e. The summed E-state index contributed by atoms with van der Waals surface area (Å²) in [5, 5.41) is 0. The Balaban J connectivity index is 2.54. The molecule has 0 aromatic heterocycles. The van der Waals surface area contributed by atoms with E-state index in [4.69, 9.17) is 4.74 Å². The molecule has 0 fully saturated rings. The molecule has 0 N–H and O–H groups in total. The monoisotopic (exact) mass is 232 g/mol. The molecule has 17 heavy (non-hydrogen) atoms. The lowest BCUT2D eigenvalue weighted by Crippen LogP contribution is -2.27. The van der Waals surface area contributed by atoms with Gasteiger partial charge in [-0.3, -0.25) is 4.79 Å². The lowest BCUT2D eigenvalue weighted by molar-refractivity contribution is -0.144. The summed E-state index contributed by atoms with van der Waals surface area (Å²) in [5.74, 6) is 0.196. The van der Waals surface area contributed by atoms with Crippen LogP contribution in [0.3, 0.4) is 0 Å². The molecule has 1 aliphatic carbocycles. The third kappa shape index (κ3) is 2.08. The fraction of sp³-hybridized carbons (Fsp3) is 0.533. The van der Waals surface area contributed by atoms with E-state index in [1.807, 2.05) is 0 Å². The number of carbonyl (C=O) groups is 1. The number of benzene rings is 1. The molecule has 1 aromatic carbocycles. The number of fused-ring (bicyclic) bond motifs is 1. The van der Waals surface area contributed by atoms with Crippen LogP contribution in [-0.4, -0.2) is 13.1 Å². The van der Waals surface area contributed by atoms with Gasteiger partial charge in [0.05, 0.1) is 13.0 Å². The van der Waals surface area contributed by atoms with Gasteiger partial charge < -0.3 is 4.74 Å². The van der Waals surface area contributed by atoms with Crippen LogP contribution >= 0.6 is 0 Å². The fourth-order valence-electron chi connectivity index (χ4n) is 2.98. The summed E-state index contributed by atoms with van der Waals surface area (Å²) in [4.78, 5) is 11.9.